The second-order valence-electron chi connectivity index (χ2n) is 4.96. The topological polar surface area (TPSA) is 103 Å². The Labute approximate surface area is 136 Å². The first kappa shape index (κ1) is 15.5. The van der Waals surface area contributed by atoms with E-state index in [-0.39, 0.29) is 18.8 Å². The summed E-state index contributed by atoms with van der Waals surface area (Å²) in [6.45, 7) is 0.409. The Morgan fingerprint density at radius 3 is 2.67 bits per heavy atom. The van der Waals surface area contributed by atoms with Gasteiger partial charge in [0.15, 0.2) is 5.76 Å². The van der Waals surface area contributed by atoms with Gasteiger partial charge in [-0.05, 0) is 30.3 Å². The standard InChI is InChI=1S/C16H13N3O5/c20-16(14-6-7-15(24-14)19(21)22)18(11-13-5-3-9-23-13)10-12-4-1-2-8-17-12/h1-9H,10-11H2. The summed E-state index contributed by atoms with van der Waals surface area (Å²) < 4.78 is 10.3. The van der Waals surface area contributed by atoms with Crippen molar-refractivity contribution < 1.29 is 18.6 Å². The molecule has 0 fully saturated rings. The first-order chi connectivity index (χ1) is 11.6. The summed E-state index contributed by atoms with van der Waals surface area (Å²) in [6.07, 6.45) is 3.14. The van der Waals surface area contributed by atoms with E-state index >= 15 is 0 Å². The van der Waals surface area contributed by atoms with E-state index in [1.807, 2.05) is 6.07 Å². The van der Waals surface area contributed by atoms with Crippen molar-refractivity contribution in [3.05, 3.63) is 82.3 Å². The second-order valence-corrected chi connectivity index (χ2v) is 4.96. The summed E-state index contributed by atoms with van der Waals surface area (Å²) in [5.41, 5.74) is 0.679. The van der Waals surface area contributed by atoms with Crippen molar-refractivity contribution >= 4 is 11.8 Å². The SMILES string of the molecule is O=C(c1ccc([N+](=O)[O-])o1)N(Cc1ccccn1)Cc1ccco1. The molecule has 0 aliphatic heterocycles. The minimum absolute atomic E-state index is 0.107. The van der Waals surface area contributed by atoms with Crippen molar-refractivity contribution in [1.82, 2.24) is 9.88 Å². The fourth-order valence-electron chi connectivity index (χ4n) is 2.17. The van der Waals surface area contributed by atoms with E-state index in [1.54, 1.807) is 30.5 Å². The molecular weight excluding hydrogens is 314 g/mol. The number of pyridine rings is 1. The Kier molecular flexibility index (Phi) is 4.37. The van der Waals surface area contributed by atoms with Gasteiger partial charge in [-0.25, -0.2) is 0 Å². The Hall–Kier alpha value is -3.42. The lowest BCUT2D eigenvalue weighted by Gasteiger charge is -2.20. The van der Waals surface area contributed by atoms with Crippen molar-refractivity contribution in [1.29, 1.82) is 0 Å². The van der Waals surface area contributed by atoms with Crippen LogP contribution in [0.25, 0.3) is 0 Å². The molecule has 24 heavy (non-hydrogen) atoms. The first-order valence-corrected chi connectivity index (χ1v) is 7.09. The van der Waals surface area contributed by atoms with Gasteiger partial charge < -0.3 is 13.7 Å². The molecule has 0 atom stereocenters. The Morgan fingerprint density at radius 2 is 2.04 bits per heavy atom. The number of hydrogen-bond donors (Lipinski definition) is 0. The van der Waals surface area contributed by atoms with Crippen molar-refractivity contribution in [2.45, 2.75) is 13.1 Å². The zero-order valence-electron chi connectivity index (χ0n) is 12.5. The van der Waals surface area contributed by atoms with Gasteiger partial charge in [-0.1, -0.05) is 6.07 Å². The van der Waals surface area contributed by atoms with Gasteiger partial charge in [-0.15, -0.1) is 0 Å². The molecule has 0 aromatic carbocycles. The number of nitrogens with zero attached hydrogens (tertiary/aromatic N) is 3. The van der Waals surface area contributed by atoms with Crippen LogP contribution in [0.3, 0.4) is 0 Å². The van der Waals surface area contributed by atoms with Gasteiger partial charge in [-0.2, -0.15) is 0 Å². The highest BCUT2D eigenvalue weighted by atomic mass is 16.6. The van der Waals surface area contributed by atoms with Crippen LogP contribution in [0.15, 0.2) is 63.8 Å². The van der Waals surface area contributed by atoms with Crippen LogP contribution in [0.2, 0.25) is 0 Å². The highest BCUT2D eigenvalue weighted by molar-refractivity contribution is 5.91. The fraction of sp³-hybridized carbons (Fsp3) is 0.125. The van der Waals surface area contributed by atoms with E-state index in [0.717, 1.165) is 6.07 Å². The van der Waals surface area contributed by atoms with E-state index < -0.39 is 16.7 Å². The van der Waals surface area contributed by atoms with E-state index in [2.05, 4.69) is 4.98 Å². The molecule has 8 heteroatoms. The molecule has 8 nitrogen and oxygen atoms in total. The quantitative estimate of drug-likeness (QED) is 0.509. The number of hydrogen-bond acceptors (Lipinski definition) is 6. The summed E-state index contributed by atoms with van der Waals surface area (Å²) in [6, 6.07) is 11.3. The van der Waals surface area contributed by atoms with Crippen LogP contribution in [0.5, 0.6) is 0 Å². The van der Waals surface area contributed by atoms with Gasteiger partial charge in [0.25, 0.3) is 5.91 Å². The summed E-state index contributed by atoms with van der Waals surface area (Å²) >= 11 is 0. The number of carbonyl (C=O) groups is 1. The normalized spacial score (nSPS) is 10.5. The number of furan rings is 2. The first-order valence-electron chi connectivity index (χ1n) is 7.09. The van der Waals surface area contributed by atoms with E-state index in [1.165, 1.54) is 17.2 Å². The number of aromatic nitrogens is 1. The third kappa shape index (κ3) is 3.49. The molecule has 0 aliphatic carbocycles. The molecule has 0 bridgehead atoms. The molecule has 0 radical (unpaired) electrons. The Bertz CT molecular complexity index is 827. The predicted molar refractivity (Wildman–Crippen MR) is 81.9 cm³/mol. The molecule has 3 aromatic heterocycles. The number of amides is 1. The Balaban J connectivity index is 1.84. The van der Waals surface area contributed by atoms with Crippen molar-refractivity contribution in [3.8, 4) is 0 Å². The maximum atomic E-state index is 12.7. The fourth-order valence-corrected chi connectivity index (χ4v) is 2.17. The zero-order chi connectivity index (χ0) is 16.9. The van der Waals surface area contributed by atoms with Gasteiger partial charge in [0.2, 0.25) is 0 Å². The minimum atomic E-state index is -0.688. The average Bonchev–Trinajstić information content (AvgIpc) is 3.26. The number of rotatable bonds is 6. The average molecular weight is 327 g/mol. The number of carbonyl (C=O) groups excluding carboxylic acids is 1. The highest BCUT2D eigenvalue weighted by Crippen LogP contribution is 2.19. The van der Waals surface area contributed by atoms with Crippen molar-refractivity contribution in [2.24, 2.45) is 0 Å². The highest BCUT2D eigenvalue weighted by Gasteiger charge is 2.24. The molecular formula is C16H13N3O5. The molecule has 3 rings (SSSR count). The molecule has 0 aliphatic rings. The molecule has 1 amide bonds. The summed E-state index contributed by atoms with van der Waals surface area (Å²) in [7, 11) is 0. The minimum Gasteiger partial charge on any atom is -0.467 e. The van der Waals surface area contributed by atoms with Crippen LogP contribution in [0, 0.1) is 10.1 Å². The molecule has 0 spiro atoms. The molecule has 0 saturated carbocycles. The lowest BCUT2D eigenvalue weighted by Crippen LogP contribution is -2.30. The largest absolute Gasteiger partial charge is 0.467 e. The maximum Gasteiger partial charge on any atom is 0.433 e. The van der Waals surface area contributed by atoms with Crippen LogP contribution in [0.4, 0.5) is 5.88 Å². The van der Waals surface area contributed by atoms with E-state index in [0.29, 0.717) is 11.5 Å². The van der Waals surface area contributed by atoms with Gasteiger partial charge in [0, 0.05) is 6.20 Å². The lowest BCUT2D eigenvalue weighted by molar-refractivity contribution is -0.402. The summed E-state index contributed by atoms with van der Waals surface area (Å²) in [5, 5.41) is 10.7. The molecule has 0 unspecified atom stereocenters. The smallest absolute Gasteiger partial charge is 0.433 e. The maximum absolute atomic E-state index is 12.7. The van der Waals surface area contributed by atoms with E-state index in [4.69, 9.17) is 8.83 Å². The zero-order valence-corrected chi connectivity index (χ0v) is 12.5. The van der Waals surface area contributed by atoms with Gasteiger partial charge >= 0.3 is 5.88 Å². The van der Waals surface area contributed by atoms with Crippen molar-refractivity contribution in [3.63, 3.8) is 0 Å². The number of nitro groups is 1. The molecule has 3 aromatic rings. The van der Waals surface area contributed by atoms with Gasteiger partial charge in [0.1, 0.15) is 10.7 Å². The Morgan fingerprint density at radius 1 is 1.17 bits per heavy atom. The summed E-state index contributed by atoms with van der Waals surface area (Å²) in [4.78, 5) is 28.3. The third-order valence-corrected chi connectivity index (χ3v) is 3.28. The van der Waals surface area contributed by atoms with Crippen LogP contribution in [0.1, 0.15) is 22.0 Å². The van der Waals surface area contributed by atoms with E-state index in [9.17, 15) is 14.9 Å². The van der Waals surface area contributed by atoms with Crippen LogP contribution in [-0.2, 0) is 13.1 Å². The van der Waals surface area contributed by atoms with Crippen molar-refractivity contribution in [2.75, 3.05) is 0 Å². The van der Waals surface area contributed by atoms with Gasteiger partial charge in [-0.3, -0.25) is 19.9 Å². The lowest BCUT2D eigenvalue weighted by atomic mass is 10.3. The molecule has 0 N–H and O–H groups in total. The third-order valence-electron chi connectivity index (χ3n) is 3.28. The second kappa shape index (κ2) is 6.78. The summed E-state index contributed by atoms with van der Waals surface area (Å²) in [5.74, 6) is -0.483. The molecule has 122 valence electrons. The van der Waals surface area contributed by atoms with Gasteiger partial charge in [0.05, 0.1) is 31.1 Å². The predicted octanol–water partition coefficient (Wildman–Crippen LogP) is 3.02. The van der Waals surface area contributed by atoms with Crippen LogP contribution in [-0.4, -0.2) is 20.7 Å². The monoisotopic (exact) mass is 327 g/mol. The molecule has 0 saturated heterocycles. The van der Waals surface area contributed by atoms with Crippen LogP contribution >= 0.6 is 0 Å². The van der Waals surface area contributed by atoms with Crippen LogP contribution < -0.4 is 0 Å². The molecule has 3 heterocycles.